The fraction of sp³-hybridized carbons (Fsp3) is 0.750. The van der Waals surface area contributed by atoms with Gasteiger partial charge in [-0.2, -0.15) is 0 Å². The van der Waals surface area contributed by atoms with E-state index in [1.807, 2.05) is 0 Å². The molecule has 0 aromatic rings. The minimum atomic E-state index is -3.52. The Hall–Kier alpha value is -0.390. The van der Waals surface area contributed by atoms with Crippen LogP contribution in [0.5, 0.6) is 0 Å². The molecular weight excluding hydrogens is 190 g/mol. The fourth-order valence-corrected chi connectivity index (χ4v) is 2.38. The molecule has 5 heteroatoms. The Labute approximate surface area is 79.8 Å². The van der Waals surface area contributed by atoms with E-state index in [1.54, 1.807) is 13.0 Å². The molecule has 0 unspecified atom stereocenters. The molecule has 4 nitrogen and oxygen atoms in total. The van der Waals surface area contributed by atoms with Gasteiger partial charge in [-0.25, -0.2) is 13.6 Å². The van der Waals surface area contributed by atoms with Crippen molar-refractivity contribution in [2.75, 3.05) is 7.11 Å². The van der Waals surface area contributed by atoms with E-state index in [0.29, 0.717) is 12.8 Å². The van der Waals surface area contributed by atoms with Crippen LogP contribution in [0.2, 0.25) is 0 Å². The molecule has 0 aromatic carbocycles. The Morgan fingerprint density at radius 1 is 1.62 bits per heavy atom. The molecule has 2 atom stereocenters. The normalized spacial score (nSPS) is 16.5. The van der Waals surface area contributed by atoms with Crippen LogP contribution in [0.25, 0.3) is 0 Å². The van der Waals surface area contributed by atoms with E-state index >= 15 is 0 Å². The first kappa shape index (κ1) is 12.6. The molecule has 0 amide bonds. The van der Waals surface area contributed by atoms with Crippen LogP contribution < -0.4 is 5.14 Å². The van der Waals surface area contributed by atoms with Gasteiger partial charge in [-0.15, -0.1) is 6.58 Å². The third-order valence-electron chi connectivity index (χ3n) is 1.94. The lowest BCUT2D eigenvalue weighted by molar-refractivity contribution is 0.0996. The number of methoxy groups -OCH3 is 1. The highest BCUT2D eigenvalue weighted by Gasteiger charge is 2.28. The van der Waals surface area contributed by atoms with Gasteiger partial charge in [0.25, 0.3) is 0 Å². The van der Waals surface area contributed by atoms with E-state index < -0.39 is 21.4 Å². The van der Waals surface area contributed by atoms with Crippen molar-refractivity contribution in [3.8, 4) is 0 Å². The Bertz CT molecular complexity index is 248. The summed E-state index contributed by atoms with van der Waals surface area (Å²) in [7, 11) is -2.05. The summed E-state index contributed by atoms with van der Waals surface area (Å²) in [5, 5.41) is 4.41. The molecule has 0 saturated carbocycles. The fourth-order valence-electron chi connectivity index (χ4n) is 1.27. The largest absolute Gasteiger partial charge is 0.380 e. The third kappa shape index (κ3) is 3.89. The summed E-state index contributed by atoms with van der Waals surface area (Å²) >= 11 is 0. The first-order valence-corrected chi connectivity index (χ1v) is 5.73. The third-order valence-corrected chi connectivity index (χ3v) is 3.42. The SMILES string of the molecule is C=CC[C@@H](OC)[C@@H](CC)S(N)(=O)=O. The van der Waals surface area contributed by atoms with E-state index in [9.17, 15) is 8.42 Å². The van der Waals surface area contributed by atoms with E-state index in [1.165, 1.54) is 7.11 Å². The van der Waals surface area contributed by atoms with Gasteiger partial charge in [-0.1, -0.05) is 13.0 Å². The molecule has 0 heterocycles. The minimum Gasteiger partial charge on any atom is -0.380 e. The molecule has 2 N–H and O–H groups in total. The average molecular weight is 207 g/mol. The van der Waals surface area contributed by atoms with Gasteiger partial charge in [0.2, 0.25) is 10.0 Å². The van der Waals surface area contributed by atoms with Gasteiger partial charge in [0.05, 0.1) is 6.10 Å². The smallest absolute Gasteiger partial charge is 0.214 e. The zero-order valence-electron chi connectivity index (χ0n) is 8.06. The Morgan fingerprint density at radius 2 is 2.15 bits per heavy atom. The van der Waals surface area contributed by atoms with Crippen LogP contribution in [0.3, 0.4) is 0 Å². The number of nitrogens with two attached hydrogens (primary N) is 1. The molecule has 0 spiro atoms. The predicted molar refractivity (Wildman–Crippen MR) is 52.8 cm³/mol. The summed E-state index contributed by atoms with van der Waals surface area (Å²) in [5.74, 6) is 0. The monoisotopic (exact) mass is 207 g/mol. The zero-order valence-corrected chi connectivity index (χ0v) is 8.88. The van der Waals surface area contributed by atoms with Crippen LogP contribution in [0.4, 0.5) is 0 Å². The second-order valence-electron chi connectivity index (χ2n) is 2.83. The standard InChI is InChI=1S/C8H17NO3S/c1-4-6-7(12-3)8(5-2)13(9,10)11/h4,7-8H,1,5-6H2,2-3H3,(H2,9,10,11)/t7-,8-/m1/s1. The summed E-state index contributed by atoms with van der Waals surface area (Å²) in [6.45, 7) is 5.30. The second-order valence-corrected chi connectivity index (χ2v) is 4.62. The molecule has 0 aliphatic carbocycles. The Morgan fingerprint density at radius 3 is 2.38 bits per heavy atom. The summed E-state index contributed by atoms with van der Waals surface area (Å²) in [6.07, 6.45) is 2.18. The first-order valence-electron chi connectivity index (χ1n) is 4.12. The quantitative estimate of drug-likeness (QED) is 0.650. The van der Waals surface area contributed by atoms with Crippen LogP contribution in [0.15, 0.2) is 12.7 Å². The van der Waals surface area contributed by atoms with Gasteiger partial charge in [-0.05, 0) is 12.8 Å². The lowest BCUT2D eigenvalue weighted by Gasteiger charge is -2.21. The van der Waals surface area contributed by atoms with Crippen LogP contribution >= 0.6 is 0 Å². The topological polar surface area (TPSA) is 69.4 Å². The number of primary sulfonamides is 1. The van der Waals surface area contributed by atoms with Gasteiger partial charge in [0, 0.05) is 7.11 Å². The number of hydrogen-bond donors (Lipinski definition) is 1. The molecule has 0 bridgehead atoms. The van der Waals surface area contributed by atoms with Gasteiger partial charge in [0.1, 0.15) is 5.25 Å². The number of ether oxygens (including phenoxy) is 1. The van der Waals surface area contributed by atoms with Crippen LogP contribution in [-0.4, -0.2) is 26.9 Å². The summed E-state index contributed by atoms with van der Waals surface area (Å²) in [5.41, 5.74) is 0. The van der Waals surface area contributed by atoms with E-state index in [4.69, 9.17) is 9.88 Å². The van der Waals surface area contributed by atoms with E-state index in [-0.39, 0.29) is 0 Å². The minimum absolute atomic E-state index is 0.391. The van der Waals surface area contributed by atoms with E-state index in [0.717, 1.165) is 0 Å². The van der Waals surface area contributed by atoms with Crippen molar-refractivity contribution in [3.63, 3.8) is 0 Å². The molecule has 78 valence electrons. The van der Waals surface area contributed by atoms with Gasteiger partial charge >= 0.3 is 0 Å². The molecular formula is C8H17NO3S. The van der Waals surface area contributed by atoms with Crippen molar-refractivity contribution in [3.05, 3.63) is 12.7 Å². The number of rotatable bonds is 6. The molecule has 0 aromatic heterocycles. The summed E-state index contributed by atoms with van der Waals surface area (Å²) in [4.78, 5) is 0. The van der Waals surface area contributed by atoms with Crippen molar-refractivity contribution >= 4 is 10.0 Å². The second kappa shape index (κ2) is 5.36. The maximum absolute atomic E-state index is 11.1. The number of sulfonamides is 1. The lowest BCUT2D eigenvalue weighted by atomic mass is 10.1. The highest BCUT2D eigenvalue weighted by Crippen LogP contribution is 2.13. The maximum atomic E-state index is 11.1. The average Bonchev–Trinajstić information content (AvgIpc) is 2.01. The maximum Gasteiger partial charge on any atom is 0.214 e. The molecule has 13 heavy (non-hydrogen) atoms. The highest BCUT2D eigenvalue weighted by atomic mass is 32.2. The summed E-state index contributed by atoms with van der Waals surface area (Å²) in [6, 6.07) is 0. The molecule has 0 saturated heterocycles. The van der Waals surface area contributed by atoms with Crippen molar-refractivity contribution < 1.29 is 13.2 Å². The van der Waals surface area contributed by atoms with Crippen molar-refractivity contribution in [1.29, 1.82) is 0 Å². The van der Waals surface area contributed by atoms with Gasteiger partial charge in [0.15, 0.2) is 0 Å². The van der Waals surface area contributed by atoms with Crippen molar-refractivity contribution in [2.45, 2.75) is 31.1 Å². The molecule has 0 radical (unpaired) electrons. The first-order chi connectivity index (χ1) is 5.97. The highest BCUT2D eigenvalue weighted by molar-refractivity contribution is 7.89. The van der Waals surface area contributed by atoms with Gasteiger partial charge < -0.3 is 4.74 Å². The molecule has 0 rings (SSSR count). The summed E-state index contributed by atoms with van der Waals surface area (Å²) < 4.78 is 27.2. The van der Waals surface area contributed by atoms with Crippen LogP contribution in [0.1, 0.15) is 19.8 Å². The zero-order chi connectivity index (χ0) is 10.5. The Balaban J connectivity index is 4.62. The molecule has 0 aliphatic rings. The molecule has 0 fully saturated rings. The van der Waals surface area contributed by atoms with Crippen LogP contribution in [-0.2, 0) is 14.8 Å². The molecule has 0 aliphatic heterocycles. The lowest BCUT2D eigenvalue weighted by Crippen LogP contribution is -2.39. The van der Waals surface area contributed by atoms with E-state index in [2.05, 4.69) is 6.58 Å². The van der Waals surface area contributed by atoms with Gasteiger partial charge in [-0.3, -0.25) is 0 Å². The van der Waals surface area contributed by atoms with Crippen LogP contribution in [0, 0.1) is 0 Å². The van der Waals surface area contributed by atoms with Crippen molar-refractivity contribution in [1.82, 2.24) is 0 Å². The number of hydrogen-bond acceptors (Lipinski definition) is 3. The van der Waals surface area contributed by atoms with Crippen molar-refractivity contribution in [2.24, 2.45) is 5.14 Å². The Kier molecular flexibility index (Phi) is 5.20. The predicted octanol–water partition coefficient (Wildman–Crippen LogP) is 0.645.